The van der Waals surface area contributed by atoms with Crippen LogP contribution in [0.4, 0.5) is 11.4 Å². The number of nitrogens with one attached hydrogen (secondary N) is 1. The van der Waals surface area contributed by atoms with Crippen molar-refractivity contribution in [1.82, 2.24) is 5.32 Å². The molecule has 0 bridgehead atoms. The maximum absolute atomic E-state index is 11.5. The minimum absolute atomic E-state index is 0.0236. The maximum atomic E-state index is 11.5. The van der Waals surface area contributed by atoms with Crippen molar-refractivity contribution >= 4 is 23.3 Å². The summed E-state index contributed by atoms with van der Waals surface area (Å²) in [6, 6.07) is 3.36. The van der Waals surface area contributed by atoms with Gasteiger partial charge in [0, 0.05) is 19.2 Å². The molecule has 0 aliphatic rings. The van der Waals surface area contributed by atoms with Crippen molar-refractivity contribution in [3.05, 3.63) is 33.9 Å². The van der Waals surface area contributed by atoms with Gasteiger partial charge in [0.1, 0.15) is 0 Å². The number of ether oxygens (including phenoxy) is 1. The zero-order valence-corrected chi connectivity index (χ0v) is 9.50. The topological polar surface area (TPSA) is 125 Å². The number of non-ortho nitro benzene ring substituents is 1. The fraction of sp³-hybridized carbons (Fsp3) is 0.200. The number of esters is 1. The van der Waals surface area contributed by atoms with Crippen molar-refractivity contribution < 1.29 is 19.2 Å². The van der Waals surface area contributed by atoms with Gasteiger partial charge in [0.05, 0.1) is 16.2 Å². The van der Waals surface area contributed by atoms with Crippen LogP contribution in [-0.4, -0.2) is 30.5 Å². The summed E-state index contributed by atoms with van der Waals surface area (Å²) < 4.78 is 4.66. The highest BCUT2D eigenvalue weighted by molar-refractivity contribution is 5.96. The third kappa shape index (κ3) is 3.17. The molecule has 8 heteroatoms. The molecule has 96 valence electrons. The SMILES string of the molecule is CNC(=O)COC(=O)c1ccc([N+](=O)[O-])cc1N. The van der Waals surface area contributed by atoms with Crippen molar-refractivity contribution in [2.24, 2.45) is 0 Å². The van der Waals surface area contributed by atoms with E-state index in [2.05, 4.69) is 10.1 Å². The molecule has 0 saturated heterocycles. The average Bonchev–Trinajstić information content (AvgIpc) is 2.35. The van der Waals surface area contributed by atoms with Crippen LogP contribution in [0.2, 0.25) is 0 Å². The molecule has 3 N–H and O–H groups in total. The lowest BCUT2D eigenvalue weighted by molar-refractivity contribution is -0.384. The van der Waals surface area contributed by atoms with E-state index in [0.717, 1.165) is 12.1 Å². The zero-order chi connectivity index (χ0) is 13.7. The van der Waals surface area contributed by atoms with Gasteiger partial charge in [-0.2, -0.15) is 0 Å². The van der Waals surface area contributed by atoms with Gasteiger partial charge in [-0.15, -0.1) is 0 Å². The summed E-state index contributed by atoms with van der Waals surface area (Å²) in [6.45, 7) is -0.439. The standard InChI is InChI=1S/C10H11N3O5/c1-12-9(14)5-18-10(15)7-3-2-6(13(16)17)4-8(7)11/h2-4H,5,11H2,1H3,(H,12,14). The van der Waals surface area contributed by atoms with Gasteiger partial charge in [0.15, 0.2) is 6.61 Å². The van der Waals surface area contributed by atoms with Crippen LogP contribution in [0.15, 0.2) is 18.2 Å². The van der Waals surface area contributed by atoms with Crippen LogP contribution in [0.1, 0.15) is 10.4 Å². The van der Waals surface area contributed by atoms with Gasteiger partial charge in [-0.05, 0) is 6.07 Å². The molecule has 8 nitrogen and oxygen atoms in total. The highest BCUT2D eigenvalue weighted by Crippen LogP contribution is 2.20. The van der Waals surface area contributed by atoms with Gasteiger partial charge in [-0.25, -0.2) is 4.79 Å². The van der Waals surface area contributed by atoms with Crippen LogP contribution in [0.25, 0.3) is 0 Å². The number of hydrogen-bond donors (Lipinski definition) is 2. The van der Waals surface area contributed by atoms with Crippen molar-refractivity contribution in [2.75, 3.05) is 19.4 Å². The van der Waals surface area contributed by atoms with E-state index in [1.807, 2.05) is 0 Å². The second-order valence-corrected chi connectivity index (χ2v) is 3.28. The first kappa shape index (κ1) is 13.4. The quantitative estimate of drug-likeness (QED) is 0.339. The molecule has 0 radical (unpaired) electrons. The summed E-state index contributed by atoms with van der Waals surface area (Å²) in [5.74, 6) is -1.28. The van der Waals surface area contributed by atoms with Crippen LogP contribution in [0, 0.1) is 10.1 Å². The molecule has 1 amide bonds. The summed E-state index contributed by atoms with van der Waals surface area (Å²) in [6.07, 6.45) is 0. The minimum atomic E-state index is -0.814. The molecular formula is C10H11N3O5. The Hall–Kier alpha value is -2.64. The van der Waals surface area contributed by atoms with Gasteiger partial charge in [-0.3, -0.25) is 14.9 Å². The lowest BCUT2D eigenvalue weighted by Gasteiger charge is -2.06. The molecule has 0 aliphatic heterocycles. The van der Waals surface area contributed by atoms with Crippen LogP contribution < -0.4 is 11.1 Å². The van der Waals surface area contributed by atoms with E-state index in [1.54, 1.807) is 0 Å². The van der Waals surface area contributed by atoms with E-state index in [4.69, 9.17) is 5.73 Å². The number of carbonyl (C=O) groups is 2. The minimum Gasteiger partial charge on any atom is -0.452 e. The monoisotopic (exact) mass is 253 g/mol. The van der Waals surface area contributed by atoms with E-state index in [0.29, 0.717) is 0 Å². The Bertz CT molecular complexity index is 500. The number of amides is 1. The number of nitrogens with two attached hydrogens (primary N) is 1. The Morgan fingerprint density at radius 2 is 2.17 bits per heavy atom. The van der Waals surface area contributed by atoms with Gasteiger partial charge in [-0.1, -0.05) is 0 Å². The summed E-state index contributed by atoms with van der Waals surface area (Å²) >= 11 is 0. The maximum Gasteiger partial charge on any atom is 0.340 e. The largest absolute Gasteiger partial charge is 0.452 e. The molecule has 0 aliphatic carbocycles. The second kappa shape index (κ2) is 5.62. The Kier molecular flexibility index (Phi) is 4.19. The zero-order valence-electron chi connectivity index (χ0n) is 9.50. The molecule has 0 saturated carbocycles. The molecule has 0 fully saturated rings. The third-order valence-corrected chi connectivity index (χ3v) is 2.08. The predicted molar refractivity (Wildman–Crippen MR) is 61.9 cm³/mol. The van der Waals surface area contributed by atoms with E-state index >= 15 is 0 Å². The van der Waals surface area contributed by atoms with Crippen LogP contribution in [0.3, 0.4) is 0 Å². The van der Waals surface area contributed by atoms with E-state index in [9.17, 15) is 19.7 Å². The number of nitrogens with zero attached hydrogens (tertiary/aromatic N) is 1. The lowest BCUT2D eigenvalue weighted by Crippen LogP contribution is -2.25. The van der Waals surface area contributed by atoms with Crippen LogP contribution in [0.5, 0.6) is 0 Å². The molecule has 18 heavy (non-hydrogen) atoms. The average molecular weight is 253 g/mol. The number of nitro benzene ring substituents is 1. The molecule has 0 spiro atoms. The number of benzene rings is 1. The van der Waals surface area contributed by atoms with Crippen LogP contribution >= 0.6 is 0 Å². The van der Waals surface area contributed by atoms with Crippen molar-refractivity contribution in [1.29, 1.82) is 0 Å². The molecule has 1 aromatic carbocycles. The molecule has 0 atom stereocenters. The van der Waals surface area contributed by atoms with E-state index in [-0.39, 0.29) is 16.9 Å². The molecule has 0 unspecified atom stereocenters. The Labute approximate surface area is 102 Å². The molecular weight excluding hydrogens is 242 g/mol. The summed E-state index contributed by atoms with van der Waals surface area (Å²) in [4.78, 5) is 32.2. The first-order valence-corrected chi connectivity index (χ1v) is 4.87. The predicted octanol–water partition coefficient (Wildman–Crippen LogP) is 0.0798. The Balaban J connectivity index is 2.81. The summed E-state index contributed by atoms with van der Waals surface area (Å²) in [7, 11) is 1.40. The number of anilines is 1. The highest BCUT2D eigenvalue weighted by Gasteiger charge is 2.16. The van der Waals surface area contributed by atoms with E-state index < -0.39 is 23.4 Å². The van der Waals surface area contributed by atoms with Gasteiger partial charge in [0.25, 0.3) is 11.6 Å². The van der Waals surface area contributed by atoms with Crippen molar-refractivity contribution in [3.63, 3.8) is 0 Å². The van der Waals surface area contributed by atoms with Crippen LogP contribution in [-0.2, 0) is 9.53 Å². The number of hydrogen-bond acceptors (Lipinski definition) is 6. The fourth-order valence-corrected chi connectivity index (χ4v) is 1.13. The third-order valence-electron chi connectivity index (χ3n) is 2.08. The number of nitrogen functional groups attached to an aromatic ring is 1. The summed E-state index contributed by atoms with van der Waals surface area (Å²) in [5.41, 5.74) is 5.17. The lowest BCUT2D eigenvalue weighted by atomic mass is 10.1. The van der Waals surface area contributed by atoms with Gasteiger partial charge < -0.3 is 15.8 Å². The smallest absolute Gasteiger partial charge is 0.340 e. The normalized spacial score (nSPS) is 9.61. The summed E-state index contributed by atoms with van der Waals surface area (Å²) in [5, 5.41) is 12.7. The molecule has 0 aromatic heterocycles. The number of likely N-dealkylation sites (N-methyl/N-ethyl adjacent to an activating group) is 1. The molecule has 0 heterocycles. The second-order valence-electron chi connectivity index (χ2n) is 3.28. The fourth-order valence-electron chi connectivity index (χ4n) is 1.13. The number of carbonyl (C=O) groups excluding carboxylic acids is 2. The Morgan fingerprint density at radius 3 is 2.67 bits per heavy atom. The first-order chi connectivity index (χ1) is 8.45. The molecule has 1 rings (SSSR count). The molecule has 1 aromatic rings. The van der Waals surface area contributed by atoms with Crippen molar-refractivity contribution in [2.45, 2.75) is 0 Å². The van der Waals surface area contributed by atoms with Gasteiger partial charge in [0.2, 0.25) is 0 Å². The number of nitro groups is 1. The first-order valence-electron chi connectivity index (χ1n) is 4.87. The highest BCUT2D eigenvalue weighted by atomic mass is 16.6. The number of rotatable bonds is 4. The van der Waals surface area contributed by atoms with Gasteiger partial charge >= 0.3 is 5.97 Å². The Morgan fingerprint density at radius 1 is 1.50 bits per heavy atom. The van der Waals surface area contributed by atoms with E-state index in [1.165, 1.54) is 13.1 Å². The van der Waals surface area contributed by atoms with Crippen molar-refractivity contribution in [3.8, 4) is 0 Å².